The second-order valence-electron chi connectivity index (χ2n) is 5.92. The van der Waals surface area contributed by atoms with Crippen LogP contribution in [0.2, 0.25) is 0 Å². The molecule has 1 saturated heterocycles. The zero-order valence-corrected chi connectivity index (χ0v) is 15.3. The molecule has 1 amide bonds. The zero-order chi connectivity index (χ0) is 18.7. The summed E-state index contributed by atoms with van der Waals surface area (Å²) < 4.78 is 48.2. The molecule has 0 bridgehead atoms. The van der Waals surface area contributed by atoms with Crippen LogP contribution in [0.3, 0.4) is 0 Å². The van der Waals surface area contributed by atoms with Crippen LogP contribution in [0, 0.1) is 11.3 Å². The molecule has 1 fully saturated rings. The number of benzene rings is 1. The lowest BCUT2D eigenvalue weighted by atomic mass is 10.2. The average Bonchev–Trinajstić information content (AvgIpc) is 2.86. The minimum Gasteiger partial charge on any atom is -0.326 e. The fraction of sp³-hybridized carbons (Fsp3) is 0.467. The van der Waals surface area contributed by atoms with E-state index in [1.165, 1.54) is 6.07 Å². The van der Waals surface area contributed by atoms with Crippen LogP contribution >= 0.6 is 0 Å². The molecule has 1 aromatic rings. The molecule has 0 spiro atoms. The number of sulfone groups is 1. The number of nitrogens with one attached hydrogen (secondary N) is 1. The van der Waals surface area contributed by atoms with Crippen LogP contribution in [0.1, 0.15) is 18.4 Å². The van der Waals surface area contributed by atoms with Crippen molar-refractivity contribution in [1.82, 2.24) is 4.31 Å². The summed E-state index contributed by atoms with van der Waals surface area (Å²) in [5.41, 5.74) is 0.838. The fourth-order valence-corrected chi connectivity index (χ4v) is 5.69. The molecule has 2 rings (SSSR count). The number of hydrogen-bond acceptors (Lipinski definition) is 6. The number of carbonyl (C=O) groups excluding carboxylic acids is 1. The number of anilines is 1. The van der Waals surface area contributed by atoms with Crippen molar-refractivity contribution in [2.75, 3.05) is 29.6 Å². The minimum atomic E-state index is -3.63. The third-order valence-electron chi connectivity index (χ3n) is 3.88. The second-order valence-corrected chi connectivity index (χ2v) is 10.1. The van der Waals surface area contributed by atoms with E-state index in [0.717, 1.165) is 10.6 Å². The first-order valence-corrected chi connectivity index (χ1v) is 11.2. The molecule has 0 aliphatic carbocycles. The van der Waals surface area contributed by atoms with E-state index in [4.69, 9.17) is 5.26 Å². The van der Waals surface area contributed by atoms with Crippen LogP contribution < -0.4 is 5.32 Å². The molecule has 1 aromatic carbocycles. The van der Waals surface area contributed by atoms with Crippen molar-refractivity contribution >= 4 is 31.5 Å². The number of rotatable bonds is 6. The van der Waals surface area contributed by atoms with Gasteiger partial charge in [-0.3, -0.25) is 4.79 Å². The topological polar surface area (TPSA) is 124 Å². The second kappa shape index (κ2) is 7.51. The van der Waals surface area contributed by atoms with Crippen LogP contribution in [-0.2, 0) is 24.7 Å². The van der Waals surface area contributed by atoms with Crippen molar-refractivity contribution in [3.63, 3.8) is 0 Å². The van der Waals surface area contributed by atoms with Gasteiger partial charge in [-0.2, -0.15) is 9.57 Å². The molecule has 0 aromatic heterocycles. The molecule has 1 heterocycles. The van der Waals surface area contributed by atoms with E-state index in [1.54, 1.807) is 18.2 Å². The lowest BCUT2D eigenvalue weighted by Gasteiger charge is -2.25. The van der Waals surface area contributed by atoms with Crippen molar-refractivity contribution in [2.45, 2.75) is 18.9 Å². The molecule has 0 radical (unpaired) electrons. The molecule has 8 nitrogen and oxygen atoms in total. The Hall–Kier alpha value is -1.96. The van der Waals surface area contributed by atoms with Crippen molar-refractivity contribution in [1.29, 1.82) is 5.26 Å². The van der Waals surface area contributed by atoms with Gasteiger partial charge in [-0.1, -0.05) is 6.07 Å². The molecule has 1 aliphatic rings. The molecule has 1 aliphatic heterocycles. The predicted molar refractivity (Wildman–Crippen MR) is 93.0 cm³/mol. The van der Waals surface area contributed by atoms with E-state index in [-0.39, 0.29) is 30.9 Å². The average molecular weight is 385 g/mol. The molecule has 1 unspecified atom stereocenters. The Balaban J connectivity index is 2.01. The van der Waals surface area contributed by atoms with Gasteiger partial charge in [-0.05, 0) is 24.6 Å². The van der Waals surface area contributed by atoms with Crippen LogP contribution in [0.15, 0.2) is 24.3 Å². The molecular weight excluding hydrogens is 366 g/mol. The highest BCUT2D eigenvalue weighted by Gasteiger charge is 2.36. The maximum absolute atomic E-state index is 12.1. The summed E-state index contributed by atoms with van der Waals surface area (Å²) in [6.07, 6.45) is 1.13. The van der Waals surface area contributed by atoms with Gasteiger partial charge in [0.1, 0.15) is 0 Å². The minimum absolute atomic E-state index is 0.0448. The number of hydrogen-bond donors (Lipinski definition) is 1. The first-order chi connectivity index (χ1) is 11.6. The van der Waals surface area contributed by atoms with E-state index >= 15 is 0 Å². The zero-order valence-electron chi connectivity index (χ0n) is 13.7. The molecule has 0 saturated carbocycles. The van der Waals surface area contributed by atoms with E-state index in [0.29, 0.717) is 11.3 Å². The van der Waals surface area contributed by atoms with Gasteiger partial charge in [0, 0.05) is 24.7 Å². The molecule has 25 heavy (non-hydrogen) atoms. The van der Waals surface area contributed by atoms with Crippen molar-refractivity contribution in [3.05, 3.63) is 29.8 Å². The number of sulfonamides is 1. The van der Waals surface area contributed by atoms with Gasteiger partial charge >= 0.3 is 0 Å². The van der Waals surface area contributed by atoms with Gasteiger partial charge < -0.3 is 5.32 Å². The van der Waals surface area contributed by atoms with Gasteiger partial charge in [-0.25, -0.2) is 16.8 Å². The van der Waals surface area contributed by atoms with E-state index < -0.39 is 31.8 Å². The van der Waals surface area contributed by atoms with Crippen LogP contribution in [0.5, 0.6) is 0 Å². The Labute approximate surface area is 147 Å². The van der Waals surface area contributed by atoms with Crippen molar-refractivity contribution in [3.8, 4) is 6.07 Å². The van der Waals surface area contributed by atoms with Crippen molar-refractivity contribution < 1.29 is 21.6 Å². The monoisotopic (exact) mass is 385 g/mol. The fourth-order valence-electron chi connectivity index (χ4n) is 2.72. The molecule has 136 valence electrons. The maximum Gasteiger partial charge on any atom is 0.225 e. The molecule has 10 heteroatoms. The SMILES string of the molecule is CS(=O)(=O)N(CCC(=O)Nc1cccc(C#N)c1)C1CCS(=O)(=O)C1. The Morgan fingerprint density at radius 3 is 2.72 bits per heavy atom. The lowest BCUT2D eigenvalue weighted by molar-refractivity contribution is -0.116. The van der Waals surface area contributed by atoms with Crippen LogP contribution in [0.4, 0.5) is 5.69 Å². The van der Waals surface area contributed by atoms with Gasteiger partial charge in [0.2, 0.25) is 15.9 Å². The normalized spacial score (nSPS) is 19.5. The summed E-state index contributed by atoms with van der Waals surface area (Å²) in [4.78, 5) is 12.1. The summed E-state index contributed by atoms with van der Waals surface area (Å²) in [6.45, 7) is -0.0945. The Morgan fingerprint density at radius 1 is 1.44 bits per heavy atom. The van der Waals surface area contributed by atoms with Crippen LogP contribution in [0.25, 0.3) is 0 Å². The van der Waals surface area contributed by atoms with Crippen molar-refractivity contribution in [2.24, 2.45) is 0 Å². The first-order valence-electron chi connectivity index (χ1n) is 7.58. The number of nitriles is 1. The highest BCUT2D eigenvalue weighted by atomic mass is 32.2. The third kappa shape index (κ3) is 5.52. The summed E-state index contributed by atoms with van der Waals surface area (Å²) in [6, 6.07) is 7.69. The third-order valence-corrected chi connectivity index (χ3v) is 6.96. The smallest absolute Gasteiger partial charge is 0.225 e. The maximum atomic E-state index is 12.1. The van der Waals surface area contributed by atoms with Gasteiger partial charge in [0.05, 0.1) is 29.4 Å². The summed E-state index contributed by atoms with van der Waals surface area (Å²) in [5, 5.41) is 11.4. The molecular formula is C15H19N3O5S2. The molecule has 1 atom stereocenters. The number of carbonyl (C=O) groups is 1. The first kappa shape index (κ1) is 19.4. The van der Waals surface area contributed by atoms with Gasteiger partial charge in [0.15, 0.2) is 9.84 Å². The van der Waals surface area contributed by atoms with E-state index in [9.17, 15) is 21.6 Å². The van der Waals surface area contributed by atoms with Crippen LogP contribution in [-0.4, -0.2) is 57.4 Å². The number of amides is 1. The van der Waals surface area contributed by atoms with Gasteiger partial charge in [0.25, 0.3) is 0 Å². The standard InChI is InChI=1S/C15H19N3O5S2/c1-24(20,21)18(14-6-8-25(22,23)11-14)7-5-15(19)17-13-4-2-3-12(9-13)10-16/h2-4,9,14H,5-8,11H2,1H3,(H,17,19). The summed E-state index contributed by atoms with van der Waals surface area (Å²) >= 11 is 0. The van der Waals surface area contributed by atoms with E-state index in [2.05, 4.69) is 5.32 Å². The quantitative estimate of drug-likeness (QED) is 0.753. The summed E-state index contributed by atoms with van der Waals surface area (Å²) in [5.74, 6) is -0.674. The molecule has 1 N–H and O–H groups in total. The highest BCUT2D eigenvalue weighted by molar-refractivity contribution is 7.92. The Kier molecular flexibility index (Phi) is 5.82. The van der Waals surface area contributed by atoms with E-state index in [1.807, 2.05) is 6.07 Å². The van der Waals surface area contributed by atoms with Gasteiger partial charge in [-0.15, -0.1) is 0 Å². The Bertz CT molecular complexity index is 903. The predicted octanol–water partition coefficient (Wildman–Crippen LogP) is 0.336. The lowest BCUT2D eigenvalue weighted by Crippen LogP contribution is -2.42. The summed E-state index contributed by atoms with van der Waals surface area (Å²) in [7, 11) is -6.86. The largest absolute Gasteiger partial charge is 0.326 e. The highest BCUT2D eigenvalue weighted by Crippen LogP contribution is 2.20. The Morgan fingerprint density at radius 2 is 2.16 bits per heavy atom. The number of nitrogens with zero attached hydrogens (tertiary/aromatic N) is 2.